The molecule has 0 radical (unpaired) electrons. The molecule has 0 saturated heterocycles. The minimum absolute atomic E-state index is 0.0176. The highest BCUT2D eigenvalue weighted by molar-refractivity contribution is 9.10. The van der Waals surface area contributed by atoms with Crippen molar-refractivity contribution in [3.63, 3.8) is 0 Å². The van der Waals surface area contributed by atoms with Crippen LogP contribution in [-0.2, 0) is 4.79 Å². The summed E-state index contributed by atoms with van der Waals surface area (Å²) < 4.78 is 24.2. The van der Waals surface area contributed by atoms with Gasteiger partial charge in [0.05, 0.1) is 23.8 Å². The van der Waals surface area contributed by atoms with Crippen molar-refractivity contribution in [2.45, 2.75) is 0 Å². The number of hydrogen-bond acceptors (Lipinski definition) is 5. The highest BCUT2D eigenvalue weighted by atomic mass is 79.9. The third kappa shape index (κ3) is 4.42. The molecule has 0 spiro atoms. The molecule has 0 aromatic heterocycles. The van der Waals surface area contributed by atoms with Crippen LogP contribution < -0.4 is 14.8 Å². The molecule has 126 valence electrons. The van der Waals surface area contributed by atoms with Crippen molar-refractivity contribution in [1.82, 2.24) is 0 Å². The fraction of sp³-hybridized carbons (Fsp3) is 0.133. The lowest BCUT2D eigenvalue weighted by Crippen LogP contribution is -2.21. The van der Waals surface area contributed by atoms with E-state index in [1.54, 1.807) is 6.07 Å². The van der Waals surface area contributed by atoms with Crippen LogP contribution >= 0.6 is 15.9 Å². The molecule has 0 aliphatic rings. The predicted octanol–water partition coefficient (Wildman–Crippen LogP) is 3.52. The summed E-state index contributed by atoms with van der Waals surface area (Å²) in [5.41, 5.74) is -0.354. The molecule has 2 rings (SSSR count). The van der Waals surface area contributed by atoms with E-state index in [4.69, 9.17) is 9.47 Å². The van der Waals surface area contributed by atoms with E-state index in [0.29, 0.717) is 4.47 Å². The summed E-state index contributed by atoms with van der Waals surface area (Å²) in [5.74, 6) is -1.07. The van der Waals surface area contributed by atoms with Gasteiger partial charge in [-0.1, -0.05) is 15.9 Å². The Hall–Kier alpha value is -2.68. The van der Waals surface area contributed by atoms with Gasteiger partial charge < -0.3 is 14.8 Å². The lowest BCUT2D eigenvalue weighted by molar-refractivity contribution is -0.385. The molecular formula is C15H12BrFN2O5. The maximum absolute atomic E-state index is 13.6. The van der Waals surface area contributed by atoms with Gasteiger partial charge in [-0.2, -0.15) is 0 Å². The molecule has 0 bridgehead atoms. The summed E-state index contributed by atoms with van der Waals surface area (Å²) >= 11 is 3.11. The van der Waals surface area contributed by atoms with E-state index in [0.717, 1.165) is 0 Å². The summed E-state index contributed by atoms with van der Waals surface area (Å²) in [5, 5.41) is 13.3. The van der Waals surface area contributed by atoms with E-state index in [1.807, 2.05) is 0 Å². The highest BCUT2D eigenvalue weighted by Gasteiger charge is 2.18. The number of nitro groups is 1. The summed E-state index contributed by atoms with van der Waals surface area (Å²) in [4.78, 5) is 22.2. The Kier molecular flexibility index (Phi) is 5.69. The number of rotatable bonds is 6. The maximum atomic E-state index is 13.6. The van der Waals surface area contributed by atoms with Gasteiger partial charge in [0.25, 0.3) is 5.91 Å². The Morgan fingerprint density at radius 1 is 1.33 bits per heavy atom. The Bertz CT molecular complexity index is 784. The number of nitro benzene ring substituents is 1. The maximum Gasteiger partial charge on any atom is 0.314 e. The molecule has 0 unspecified atom stereocenters. The van der Waals surface area contributed by atoms with Crippen LogP contribution in [0.25, 0.3) is 0 Å². The molecule has 24 heavy (non-hydrogen) atoms. The van der Waals surface area contributed by atoms with Gasteiger partial charge in [-0.25, -0.2) is 4.39 Å². The minimum Gasteiger partial charge on any atom is -0.496 e. The molecule has 7 nitrogen and oxygen atoms in total. The SMILES string of the molecule is COc1ccc(OCC(=O)Nc2ccc(Br)cc2F)c([N+](=O)[O-])c1. The van der Waals surface area contributed by atoms with E-state index in [-0.39, 0.29) is 22.9 Å². The molecule has 0 fully saturated rings. The Labute approximate surface area is 144 Å². The molecule has 0 atom stereocenters. The zero-order valence-electron chi connectivity index (χ0n) is 12.4. The van der Waals surface area contributed by atoms with Crippen LogP contribution in [0.4, 0.5) is 15.8 Å². The molecule has 0 aliphatic heterocycles. The Morgan fingerprint density at radius 3 is 2.71 bits per heavy atom. The van der Waals surface area contributed by atoms with Gasteiger partial charge >= 0.3 is 5.69 Å². The second-order valence-electron chi connectivity index (χ2n) is 4.55. The van der Waals surface area contributed by atoms with Crippen molar-refractivity contribution in [3.05, 3.63) is 56.8 Å². The number of nitrogens with zero attached hydrogens (tertiary/aromatic N) is 1. The van der Waals surface area contributed by atoms with Gasteiger partial charge in [0.15, 0.2) is 12.4 Å². The van der Waals surface area contributed by atoms with Gasteiger partial charge in [-0.3, -0.25) is 14.9 Å². The number of halogens is 2. The number of carbonyl (C=O) groups excluding carboxylic acids is 1. The molecule has 2 aromatic rings. The van der Waals surface area contributed by atoms with Gasteiger partial charge in [0.2, 0.25) is 0 Å². The quantitative estimate of drug-likeness (QED) is 0.593. The molecule has 0 aliphatic carbocycles. The monoisotopic (exact) mass is 398 g/mol. The van der Waals surface area contributed by atoms with Crippen LogP contribution in [0.1, 0.15) is 0 Å². The molecule has 0 heterocycles. The number of anilines is 1. The normalized spacial score (nSPS) is 10.1. The van der Waals surface area contributed by atoms with E-state index < -0.39 is 23.3 Å². The van der Waals surface area contributed by atoms with Crippen LogP contribution in [0.2, 0.25) is 0 Å². The van der Waals surface area contributed by atoms with Crippen LogP contribution in [0.3, 0.4) is 0 Å². The van der Waals surface area contributed by atoms with Crippen molar-refractivity contribution < 1.29 is 23.6 Å². The Balaban J connectivity index is 2.05. The zero-order chi connectivity index (χ0) is 17.7. The fourth-order valence-electron chi connectivity index (χ4n) is 1.81. The van der Waals surface area contributed by atoms with Crippen LogP contribution in [0, 0.1) is 15.9 Å². The van der Waals surface area contributed by atoms with E-state index in [1.165, 1.54) is 37.4 Å². The molecular weight excluding hydrogens is 387 g/mol. The average Bonchev–Trinajstić information content (AvgIpc) is 2.55. The van der Waals surface area contributed by atoms with Gasteiger partial charge in [0, 0.05) is 4.47 Å². The largest absolute Gasteiger partial charge is 0.496 e. The molecule has 0 saturated carbocycles. The number of methoxy groups -OCH3 is 1. The number of amides is 1. The third-order valence-electron chi connectivity index (χ3n) is 2.93. The van der Waals surface area contributed by atoms with Gasteiger partial charge in [0.1, 0.15) is 11.6 Å². The summed E-state index contributed by atoms with van der Waals surface area (Å²) in [6.07, 6.45) is 0. The predicted molar refractivity (Wildman–Crippen MR) is 87.9 cm³/mol. The van der Waals surface area contributed by atoms with E-state index in [9.17, 15) is 19.3 Å². The number of carbonyl (C=O) groups is 1. The second kappa shape index (κ2) is 7.73. The lowest BCUT2D eigenvalue weighted by Gasteiger charge is -2.09. The van der Waals surface area contributed by atoms with Crippen molar-refractivity contribution in [1.29, 1.82) is 0 Å². The number of nitrogens with one attached hydrogen (secondary N) is 1. The van der Waals surface area contributed by atoms with Crippen molar-refractivity contribution >= 4 is 33.2 Å². The Morgan fingerprint density at radius 2 is 2.08 bits per heavy atom. The zero-order valence-corrected chi connectivity index (χ0v) is 14.0. The summed E-state index contributed by atoms with van der Waals surface area (Å²) in [6.45, 7) is -0.511. The number of hydrogen-bond donors (Lipinski definition) is 1. The van der Waals surface area contributed by atoms with Gasteiger partial charge in [-0.05, 0) is 30.3 Å². The van der Waals surface area contributed by atoms with Crippen LogP contribution in [-0.4, -0.2) is 24.5 Å². The van der Waals surface area contributed by atoms with E-state index >= 15 is 0 Å². The van der Waals surface area contributed by atoms with Crippen molar-refractivity contribution in [2.24, 2.45) is 0 Å². The summed E-state index contributed by atoms with van der Waals surface area (Å²) in [6, 6.07) is 8.12. The minimum atomic E-state index is -0.652. The lowest BCUT2D eigenvalue weighted by atomic mass is 10.3. The van der Waals surface area contributed by atoms with Crippen LogP contribution in [0.15, 0.2) is 40.9 Å². The summed E-state index contributed by atoms with van der Waals surface area (Å²) in [7, 11) is 1.37. The smallest absolute Gasteiger partial charge is 0.314 e. The first-order valence-corrected chi connectivity index (χ1v) is 7.40. The van der Waals surface area contributed by atoms with Crippen molar-refractivity contribution in [2.75, 3.05) is 19.0 Å². The molecule has 9 heteroatoms. The topological polar surface area (TPSA) is 90.7 Å². The van der Waals surface area contributed by atoms with E-state index in [2.05, 4.69) is 21.2 Å². The first kappa shape index (κ1) is 17.7. The average molecular weight is 399 g/mol. The van der Waals surface area contributed by atoms with Crippen LogP contribution in [0.5, 0.6) is 11.5 Å². The van der Waals surface area contributed by atoms with Crippen molar-refractivity contribution in [3.8, 4) is 11.5 Å². The first-order valence-electron chi connectivity index (χ1n) is 6.61. The standard InChI is InChI=1S/C15H12BrFN2O5/c1-23-10-3-5-14(13(7-10)19(21)22)24-8-15(20)18-12-4-2-9(16)6-11(12)17/h2-7H,8H2,1H3,(H,18,20). The second-order valence-corrected chi connectivity index (χ2v) is 5.47. The number of ether oxygens (including phenoxy) is 2. The third-order valence-corrected chi connectivity index (χ3v) is 3.42. The fourth-order valence-corrected chi connectivity index (χ4v) is 2.14. The molecule has 2 aromatic carbocycles. The van der Waals surface area contributed by atoms with Gasteiger partial charge in [-0.15, -0.1) is 0 Å². The number of benzene rings is 2. The first-order chi connectivity index (χ1) is 11.4. The molecule has 1 amide bonds. The highest BCUT2D eigenvalue weighted by Crippen LogP contribution is 2.31. The molecule has 1 N–H and O–H groups in total.